The Bertz CT molecular complexity index is 2240. The van der Waals surface area contributed by atoms with E-state index in [1.54, 1.807) is 0 Å². The third kappa shape index (κ3) is 9.83. The highest BCUT2D eigenvalue weighted by atomic mass is 32.1. The average molecular weight is 806 g/mol. The Hall–Kier alpha value is -5.37. The number of para-hydroxylation sites is 1. The molecule has 3 aromatic carbocycles. The summed E-state index contributed by atoms with van der Waals surface area (Å²) < 4.78 is 24.4. The van der Waals surface area contributed by atoms with Crippen LogP contribution in [0.15, 0.2) is 72.8 Å². The zero-order valence-electron chi connectivity index (χ0n) is 33.8. The van der Waals surface area contributed by atoms with Gasteiger partial charge in [0.25, 0.3) is 5.91 Å². The van der Waals surface area contributed by atoms with E-state index in [0.717, 1.165) is 58.4 Å². The molecular formula is C45H51N5O7S. The molecule has 2 aliphatic heterocycles. The summed E-state index contributed by atoms with van der Waals surface area (Å²) in [5.74, 6) is 0.377. The lowest BCUT2D eigenvalue weighted by Gasteiger charge is -2.31. The van der Waals surface area contributed by atoms with Crippen LogP contribution in [0, 0.1) is 6.92 Å². The molecule has 1 N–H and O–H groups in total. The first-order chi connectivity index (χ1) is 28.0. The first kappa shape index (κ1) is 40.8. The van der Waals surface area contributed by atoms with Gasteiger partial charge in [-0.1, -0.05) is 47.7 Å². The van der Waals surface area contributed by atoms with Gasteiger partial charge in [0.1, 0.15) is 23.8 Å². The molecule has 12 nitrogen and oxygen atoms in total. The van der Waals surface area contributed by atoms with Gasteiger partial charge < -0.3 is 23.8 Å². The second-order valence-corrected chi connectivity index (χ2v) is 16.6. The first-order valence-corrected chi connectivity index (χ1v) is 20.8. The molecule has 13 heteroatoms. The number of piperidine rings is 1. The number of likely N-dealkylation sites (tertiary alicyclic amines) is 1. The van der Waals surface area contributed by atoms with Crippen molar-refractivity contribution in [1.82, 2.24) is 14.9 Å². The Balaban J connectivity index is 1.06. The molecule has 2 aromatic heterocycles. The molecule has 4 heterocycles. The number of rotatable bonds is 13. The largest absolute Gasteiger partial charge is 0.491 e. The standard InChI is InChI=1S/C45H51N5O7S/c1-6-54-40(51)28-49-22-20-31(21-23-49)55-25-26-56-37-15-10-12-32(29(37)2)33-17-18-39(47-41(33)43(53)57-45(3,4)5)50-24-19-30-11-9-13-34(35(30)27-50)42(52)48-44-46-36-14-7-8-16-38(36)58-44/h7-18,31H,6,19-28H2,1-5H3,(H,46,48,52). The molecule has 2 aliphatic rings. The highest BCUT2D eigenvalue weighted by Gasteiger charge is 2.28. The minimum atomic E-state index is -0.737. The predicted molar refractivity (Wildman–Crippen MR) is 226 cm³/mol. The summed E-state index contributed by atoms with van der Waals surface area (Å²) in [6.45, 7) is 13.5. The zero-order valence-corrected chi connectivity index (χ0v) is 34.7. The fourth-order valence-electron chi connectivity index (χ4n) is 7.46. The van der Waals surface area contributed by atoms with Crippen molar-refractivity contribution in [2.45, 2.75) is 72.1 Å². The summed E-state index contributed by atoms with van der Waals surface area (Å²) >= 11 is 1.44. The number of anilines is 2. The molecule has 0 saturated carbocycles. The predicted octanol–water partition coefficient (Wildman–Crippen LogP) is 7.86. The van der Waals surface area contributed by atoms with Gasteiger partial charge in [-0.3, -0.25) is 19.8 Å². The fourth-order valence-corrected chi connectivity index (χ4v) is 8.32. The number of nitrogens with zero attached hydrogens (tertiary/aromatic N) is 4. The molecule has 1 saturated heterocycles. The minimum absolute atomic E-state index is 0.108. The summed E-state index contributed by atoms with van der Waals surface area (Å²) in [7, 11) is 0. The second-order valence-electron chi connectivity index (χ2n) is 15.6. The van der Waals surface area contributed by atoms with E-state index in [2.05, 4.69) is 26.2 Å². The highest BCUT2D eigenvalue weighted by molar-refractivity contribution is 7.22. The van der Waals surface area contributed by atoms with Crippen LogP contribution in [0.2, 0.25) is 0 Å². The third-order valence-corrected chi connectivity index (χ3v) is 11.2. The number of carbonyl (C=O) groups excluding carboxylic acids is 3. The number of nitrogens with one attached hydrogen (secondary N) is 1. The molecule has 7 rings (SSSR count). The Kier molecular flexibility index (Phi) is 12.7. The van der Waals surface area contributed by atoms with E-state index in [1.165, 1.54) is 11.3 Å². The van der Waals surface area contributed by atoms with Gasteiger partial charge in [0.2, 0.25) is 0 Å². The SMILES string of the molecule is CCOC(=O)CN1CCC(OCCOc2cccc(-c3ccc(N4CCc5cccc(C(=O)Nc6nc7ccccc7s6)c5C4)nc3C(=O)OC(C)(C)C)c2C)CC1. The van der Waals surface area contributed by atoms with Crippen molar-refractivity contribution in [2.75, 3.05) is 56.2 Å². The van der Waals surface area contributed by atoms with E-state index >= 15 is 0 Å². The van der Waals surface area contributed by atoms with Crippen LogP contribution in [-0.2, 0) is 32.0 Å². The quantitative estimate of drug-likeness (QED) is 0.0922. The molecular weight excluding hydrogens is 755 g/mol. The second kappa shape index (κ2) is 18.0. The fraction of sp³-hybridized carbons (Fsp3) is 0.400. The number of hydrogen-bond acceptors (Lipinski definition) is 12. The first-order valence-electron chi connectivity index (χ1n) is 19.9. The van der Waals surface area contributed by atoms with Crippen molar-refractivity contribution < 1.29 is 33.3 Å². The normalized spacial score (nSPS) is 14.9. The van der Waals surface area contributed by atoms with Crippen molar-refractivity contribution >= 4 is 50.3 Å². The lowest BCUT2D eigenvalue weighted by molar-refractivity contribution is -0.145. The minimum Gasteiger partial charge on any atom is -0.491 e. The topological polar surface area (TPSA) is 132 Å². The van der Waals surface area contributed by atoms with E-state index in [9.17, 15) is 14.4 Å². The number of carbonyl (C=O) groups is 3. The van der Waals surface area contributed by atoms with Crippen LogP contribution < -0.4 is 15.0 Å². The van der Waals surface area contributed by atoms with Gasteiger partial charge in [-0.05, 0) is 113 Å². The van der Waals surface area contributed by atoms with Crippen LogP contribution in [0.3, 0.4) is 0 Å². The molecule has 58 heavy (non-hydrogen) atoms. The van der Waals surface area contributed by atoms with Crippen molar-refractivity contribution in [3.05, 3.63) is 101 Å². The van der Waals surface area contributed by atoms with Gasteiger partial charge in [-0.15, -0.1) is 0 Å². The Labute approximate surface area is 343 Å². The molecule has 0 unspecified atom stereocenters. The number of pyridine rings is 1. The molecule has 5 aromatic rings. The van der Waals surface area contributed by atoms with Gasteiger partial charge in [-0.2, -0.15) is 0 Å². The summed E-state index contributed by atoms with van der Waals surface area (Å²) in [5.41, 5.74) is 5.23. The number of ether oxygens (including phenoxy) is 4. The van der Waals surface area contributed by atoms with Gasteiger partial charge in [0, 0.05) is 37.3 Å². The Morgan fingerprint density at radius 2 is 1.69 bits per heavy atom. The van der Waals surface area contributed by atoms with Crippen LogP contribution in [0.1, 0.15) is 78.1 Å². The number of amides is 1. The van der Waals surface area contributed by atoms with Crippen molar-refractivity contribution in [2.24, 2.45) is 0 Å². The number of aromatic nitrogens is 2. The maximum absolute atomic E-state index is 13.9. The van der Waals surface area contributed by atoms with E-state index in [0.29, 0.717) is 73.7 Å². The van der Waals surface area contributed by atoms with E-state index in [-0.39, 0.29) is 23.7 Å². The van der Waals surface area contributed by atoms with E-state index < -0.39 is 11.6 Å². The van der Waals surface area contributed by atoms with E-state index in [4.69, 9.17) is 23.9 Å². The van der Waals surface area contributed by atoms with Crippen LogP contribution in [-0.4, -0.2) is 90.4 Å². The maximum atomic E-state index is 13.9. The molecule has 0 bridgehead atoms. The van der Waals surface area contributed by atoms with Crippen LogP contribution in [0.5, 0.6) is 5.75 Å². The summed E-state index contributed by atoms with van der Waals surface area (Å²) in [4.78, 5) is 53.2. The van der Waals surface area contributed by atoms with Gasteiger partial charge >= 0.3 is 11.9 Å². The molecule has 0 aliphatic carbocycles. The summed E-state index contributed by atoms with van der Waals surface area (Å²) in [5, 5.41) is 3.57. The lowest BCUT2D eigenvalue weighted by Crippen LogP contribution is -2.40. The molecule has 304 valence electrons. The zero-order chi connectivity index (χ0) is 40.8. The number of esters is 2. The maximum Gasteiger partial charge on any atom is 0.358 e. The third-order valence-electron chi connectivity index (χ3n) is 10.3. The smallest absolute Gasteiger partial charge is 0.358 e. The Morgan fingerprint density at radius 1 is 0.897 bits per heavy atom. The summed E-state index contributed by atoms with van der Waals surface area (Å²) in [6.07, 6.45) is 2.50. The van der Waals surface area contributed by atoms with Crippen LogP contribution in [0.4, 0.5) is 10.9 Å². The molecule has 0 spiro atoms. The van der Waals surface area contributed by atoms with Gasteiger partial charge in [-0.25, -0.2) is 14.8 Å². The van der Waals surface area contributed by atoms with E-state index in [1.807, 2.05) is 101 Å². The molecule has 1 amide bonds. The van der Waals surface area contributed by atoms with Crippen molar-refractivity contribution in [1.29, 1.82) is 0 Å². The van der Waals surface area contributed by atoms with Crippen molar-refractivity contribution in [3.8, 4) is 16.9 Å². The molecule has 0 radical (unpaired) electrons. The monoisotopic (exact) mass is 805 g/mol. The van der Waals surface area contributed by atoms with Crippen LogP contribution in [0.25, 0.3) is 21.3 Å². The number of benzene rings is 3. The average Bonchev–Trinajstić information content (AvgIpc) is 3.62. The van der Waals surface area contributed by atoms with Gasteiger partial charge in [0.05, 0.1) is 36.1 Å². The Morgan fingerprint density at radius 3 is 2.47 bits per heavy atom. The lowest BCUT2D eigenvalue weighted by atomic mass is 9.94. The van der Waals surface area contributed by atoms with Crippen LogP contribution >= 0.6 is 11.3 Å². The number of hydrogen-bond donors (Lipinski definition) is 1. The molecule has 1 fully saturated rings. The number of fused-ring (bicyclic) bond motifs is 2. The molecule has 0 atom stereocenters. The highest BCUT2D eigenvalue weighted by Crippen LogP contribution is 2.35. The number of thiazole rings is 1. The van der Waals surface area contributed by atoms with Gasteiger partial charge in [0.15, 0.2) is 10.8 Å². The van der Waals surface area contributed by atoms with Crippen molar-refractivity contribution in [3.63, 3.8) is 0 Å². The summed E-state index contributed by atoms with van der Waals surface area (Å²) in [6, 6.07) is 23.3.